The maximum atomic E-state index is 12.4. The molecule has 0 spiro atoms. The van der Waals surface area contributed by atoms with Gasteiger partial charge in [-0.05, 0) is 30.7 Å². The lowest BCUT2D eigenvalue weighted by Gasteiger charge is -2.41. The number of aliphatic hydroxyl groups excluding tert-OH is 1. The number of piperidine rings is 1. The molecule has 2 aliphatic rings. The summed E-state index contributed by atoms with van der Waals surface area (Å²) in [6.45, 7) is 0.792. The van der Waals surface area contributed by atoms with Gasteiger partial charge in [0, 0.05) is 13.0 Å². The Bertz CT molecular complexity index is 459. The number of nitrogens with zero attached hydrogens (tertiary/aromatic N) is 1. The predicted octanol–water partition coefficient (Wildman–Crippen LogP) is 2.70. The first-order valence-corrected chi connectivity index (χ1v) is 7.78. The highest BCUT2D eigenvalue weighted by Crippen LogP contribution is 2.32. The molecule has 1 aliphatic carbocycles. The lowest BCUT2D eigenvalue weighted by Crippen LogP contribution is -2.51. The van der Waals surface area contributed by atoms with Crippen LogP contribution in [0.4, 0.5) is 0 Å². The molecular weight excluding hydrogens is 250 g/mol. The molecule has 0 radical (unpaired) electrons. The van der Waals surface area contributed by atoms with Gasteiger partial charge in [-0.15, -0.1) is 0 Å². The summed E-state index contributed by atoms with van der Waals surface area (Å²) in [5.41, 5.74) is 1.27. The van der Waals surface area contributed by atoms with E-state index in [9.17, 15) is 9.90 Å². The van der Waals surface area contributed by atoms with E-state index in [1.165, 1.54) is 5.56 Å². The third-order valence-corrected chi connectivity index (χ3v) is 4.83. The third kappa shape index (κ3) is 2.73. The average molecular weight is 273 g/mol. The van der Waals surface area contributed by atoms with Crippen LogP contribution in [-0.4, -0.2) is 34.6 Å². The molecule has 1 N–H and O–H groups in total. The number of rotatable bonds is 2. The molecule has 0 aromatic heterocycles. The number of hydrogen-bond acceptors (Lipinski definition) is 2. The highest BCUT2D eigenvalue weighted by atomic mass is 16.3. The van der Waals surface area contributed by atoms with Gasteiger partial charge in [-0.3, -0.25) is 4.79 Å². The van der Waals surface area contributed by atoms with Crippen molar-refractivity contribution in [1.29, 1.82) is 0 Å². The van der Waals surface area contributed by atoms with E-state index >= 15 is 0 Å². The Morgan fingerprint density at radius 1 is 1.05 bits per heavy atom. The molecule has 3 rings (SSSR count). The molecule has 1 aromatic carbocycles. The van der Waals surface area contributed by atoms with E-state index in [-0.39, 0.29) is 18.1 Å². The number of benzene rings is 1. The molecule has 0 bridgehead atoms. The Kier molecular flexibility index (Phi) is 4.06. The first-order valence-electron chi connectivity index (χ1n) is 7.78. The van der Waals surface area contributed by atoms with Crippen LogP contribution in [0.2, 0.25) is 0 Å². The van der Waals surface area contributed by atoms with Crippen molar-refractivity contribution < 1.29 is 9.90 Å². The van der Waals surface area contributed by atoms with Crippen molar-refractivity contribution in [3.63, 3.8) is 0 Å². The Balaban J connectivity index is 1.66. The van der Waals surface area contributed by atoms with Crippen LogP contribution in [0, 0.1) is 0 Å². The first-order chi connectivity index (χ1) is 9.75. The summed E-state index contributed by atoms with van der Waals surface area (Å²) in [5, 5.41) is 10.1. The molecule has 1 aliphatic heterocycles. The van der Waals surface area contributed by atoms with E-state index in [0.717, 1.165) is 38.6 Å². The summed E-state index contributed by atoms with van der Waals surface area (Å²) in [5.74, 6) is 0.566. The summed E-state index contributed by atoms with van der Waals surface area (Å²) >= 11 is 0. The van der Waals surface area contributed by atoms with Crippen molar-refractivity contribution in [3.8, 4) is 0 Å². The molecule has 20 heavy (non-hydrogen) atoms. The van der Waals surface area contributed by atoms with Crippen molar-refractivity contribution in [2.45, 2.75) is 56.6 Å². The maximum Gasteiger partial charge on any atom is 0.223 e. The van der Waals surface area contributed by atoms with Gasteiger partial charge in [0.15, 0.2) is 0 Å². The monoisotopic (exact) mass is 273 g/mol. The molecule has 1 saturated heterocycles. The maximum absolute atomic E-state index is 12.4. The Morgan fingerprint density at radius 3 is 2.50 bits per heavy atom. The van der Waals surface area contributed by atoms with Gasteiger partial charge in [-0.1, -0.05) is 43.2 Å². The largest absolute Gasteiger partial charge is 0.391 e. The molecule has 1 amide bonds. The zero-order valence-electron chi connectivity index (χ0n) is 11.9. The minimum absolute atomic E-state index is 0.0629. The highest BCUT2D eigenvalue weighted by molar-refractivity contribution is 5.78. The summed E-state index contributed by atoms with van der Waals surface area (Å²) in [6.07, 6.45) is 5.31. The van der Waals surface area contributed by atoms with E-state index < -0.39 is 0 Å². The average Bonchev–Trinajstić information content (AvgIpc) is 2.49. The van der Waals surface area contributed by atoms with Crippen molar-refractivity contribution in [3.05, 3.63) is 35.9 Å². The van der Waals surface area contributed by atoms with E-state index in [2.05, 4.69) is 12.1 Å². The number of amides is 1. The van der Waals surface area contributed by atoms with Crippen molar-refractivity contribution in [1.82, 2.24) is 4.90 Å². The van der Waals surface area contributed by atoms with Crippen LogP contribution in [-0.2, 0) is 4.79 Å². The van der Waals surface area contributed by atoms with Crippen molar-refractivity contribution in [2.24, 2.45) is 0 Å². The van der Waals surface area contributed by atoms with Crippen LogP contribution < -0.4 is 0 Å². The topological polar surface area (TPSA) is 40.5 Å². The molecule has 3 nitrogen and oxygen atoms in total. The zero-order chi connectivity index (χ0) is 13.9. The van der Waals surface area contributed by atoms with E-state index in [0.29, 0.717) is 12.3 Å². The molecular formula is C17H23NO2. The number of carbonyl (C=O) groups excluding carboxylic acids is 1. The number of hydrogen-bond donors (Lipinski definition) is 1. The number of carbonyl (C=O) groups is 1. The zero-order valence-corrected chi connectivity index (χ0v) is 11.9. The molecule has 3 atom stereocenters. The normalized spacial score (nSPS) is 31.4. The number of likely N-dealkylation sites (tertiary alicyclic amines) is 1. The molecule has 108 valence electrons. The SMILES string of the molecule is O=C1C[C@H](c2ccccc2)CCN1[C@@H]1CCCC[C@H]1O. The van der Waals surface area contributed by atoms with Gasteiger partial charge in [0.2, 0.25) is 5.91 Å². The molecule has 0 unspecified atom stereocenters. The summed E-state index contributed by atoms with van der Waals surface area (Å²) in [7, 11) is 0. The standard InChI is InChI=1S/C17H23NO2/c19-16-9-5-4-8-15(16)18-11-10-14(12-17(18)20)13-6-2-1-3-7-13/h1-3,6-7,14-16,19H,4-5,8-12H2/t14-,15-,16-/m1/s1. The van der Waals surface area contributed by atoms with Gasteiger partial charge < -0.3 is 10.0 Å². The summed E-state index contributed by atoms with van der Waals surface area (Å²) < 4.78 is 0. The molecule has 1 aromatic rings. The summed E-state index contributed by atoms with van der Waals surface area (Å²) in [6, 6.07) is 10.4. The van der Waals surface area contributed by atoms with Gasteiger partial charge in [0.25, 0.3) is 0 Å². The van der Waals surface area contributed by atoms with E-state index in [1.807, 2.05) is 23.1 Å². The predicted molar refractivity (Wildman–Crippen MR) is 78.4 cm³/mol. The van der Waals surface area contributed by atoms with E-state index in [4.69, 9.17) is 0 Å². The fraction of sp³-hybridized carbons (Fsp3) is 0.588. The van der Waals surface area contributed by atoms with Gasteiger partial charge in [0.1, 0.15) is 0 Å². The van der Waals surface area contributed by atoms with Crippen molar-refractivity contribution >= 4 is 5.91 Å². The van der Waals surface area contributed by atoms with Crippen LogP contribution in [0.5, 0.6) is 0 Å². The first kappa shape index (κ1) is 13.6. The van der Waals surface area contributed by atoms with Crippen LogP contribution in [0.3, 0.4) is 0 Å². The minimum Gasteiger partial charge on any atom is -0.391 e. The molecule has 2 fully saturated rings. The van der Waals surface area contributed by atoms with Crippen molar-refractivity contribution in [2.75, 3.05) is 6.54 Å². The van der Waals surface area contributed by atoms with Gasteiger partial charge in [-0.25, -0.2) is 0 Å². The van der Waals surface area contributed by atoms with Crippen LogP contribution in [0.1, 0.15) is 50.0 Å². The van der Waals surface area contributed by atoms with Crippen LogP contribution in [0.25, 0.3) is 0 Å². The van der Waals surface area contributed by atoms with Gasteiger partial charge in [0.05, 0.1) is 12.1 Å². The summed E-state index contributed by atoms with van der Waals surface area (Å²) in [4.78, 5) is 14.4. The second kappa shape index (κ2) is 5.96. The lowest BCUT2D eigenvalue weighted by molar-refractivity contribution is -0.140. The molecule has 1 saturated carbocycles. The number of aliphatic hydroxyl groups is 1. The molecule has 3 heteroatoms. The smallest absolute Gasteiger partial charge is 0.223 e. The van der Waals surface area contributed by atoms with Crippen LogP contribution >= 0.6 is 0 Å². The van der Waals surface area contributed by atoms with Crippen LogP contribution in [0.15, 0.2) is 30.3 Å². The Labute approximate surface area is 120 Å². The van der Waals surface area contributed by atoms with E-state index in [1.54, 1.807) is 0 Å². The third-order valence-electron chi connectivity index (χ3n) is 4.83. The fourth-order valence-electron chi connectivity index (χ4n) is 3.67. The quantitative estimate of drug-likeness (QED) is 0.900. The Morgan fingerprint density at radius 2 is 1.80 bits per heavy atom. The Hall–Kier alpha value is -1.35. The van der Waals surface area contributed by atoms with Gasteiger partial charge >= 0.3 is 0 Å². The minimum atomic E-state index is -0.319. The van der Waals surface area contributed by atoms with Gasteiger partial charge in [-0.2, -0.15) is 0 Å². The highest BCUT2D eigenvalue weighted by Gasteiger charge is 2.35. The lowest BCUT2D eigenvalue weighted by atomic mass is 9.85. The second-order valence-electron chi connectivity index (χ2n) is 6.11. The fourth-order valence-corrected chi connectivity index (χ4v) is 3.67. The second-order valence-corrected chi connectivity index (χ2v) is 6.11. The molecule has 1 heterocycles.